The second-order valence-corrected chi connectivity index (χ2v) is 5.00. The van der Waals surface area contributed by atoms with E-state index in [1.807, 2.05) is 11.8 Å². The van der Waals surface area contributed by atoms with Crippen LogP contribution < -0.4 is 0 Å². The third kappa shape index (κ3) is 3.46. The summed E-state index contributed by atoms with van der Waals surface area (Å²) in [5.41, 5.74) is 0.227. The summed E-state index contributed by atoms with van der Waals surface area (Å²) in [5, 5.41) is 8.94. The van der Waals surface area contributed by atoms with Gasteiger partial charge in [0, 0.05) is 6.61 Å². The molecule has 1 aliphatic rings. The van der Waals surface area contributed by atoms with E-state index in [0.717, 1.165) is 39.1 Å². The third-order valence-corrected chi connectivity index (χ3v) is 3.56. The third-order valence-electron chi connectivity index (χ3n) is 3.56. The quantitative estimate of drug-likeness (QED) is 0.778. The highest BCUT2D eigenvalue weighted by atomic mass is 16.5. The highest BCUT2D eigenvalue weighted by Crippen LogP contribution is 2.31. The molecule has 0 aromatic carbocycles. The maximum Gasteiger partial charge on any atom is 0.320 e. The lowest BCUT2D eigenvalue weighted by molar-refractivity contribution is -0.143. The highest BCUT2D eigenvalue weighted by molar-refractivity contribution is 5.72. The van der Waals surface area contributed by atoms with Gasteiger partial charge in [-0.3, -0.25) is 9.69 Å². The molecule has 94 valence electrons. The second kappa shape index (κ2) is 5.64. The van der Waals surface area contributed by atoms with E-state index in [4.69, 9.17) is 9.84 Å². The summed E-state index contributed by atoms with van der Waals surface area (Å²) in [5.74, 6) is -0.728. The first-order valence-electron chi connectivity index (χ1n) is 6.03. The summed E-state index contributed by atoms with van der Waals surface area (Å²) in [6.45, 7) is 9.25. The molecule has 1 saturated heterocycles. The Bertz CT molecular complexity index is 234. The van der Waals surface area contributed by atoms with Crippen molar-refractivity contribution < 1.29 is 14.6 Å². The van der Waals surface area contributed by atoms with Crippen molar-refractivity contribution in [3.05, 3.63) is 0 Å². The molecule has 1 rings (SSSR count). The molecular weight excluding hydrogens is 206 g/mol. The molecule has 1 atom stereocenters. The molecule has 0 aliphatic carbocycles. The molecule has 0 bridgehead atoms. The van der Waals surface area contributed by atoms with Gasteiger partial charge in [-0.05, 0) is 45.2 Å². The average molecular weight is 229 g/mol. The number of carboxylic acids is 1. The summed E-state index contributed by atoms with van der Waals surface area (Å²) < 4.78 is 5.48. The van der Waals surface area contributed by atoms with Gasteiger partial charge in [-0.1, -0.05) is 6.92 Å². The van der Waals surface area contributed by atoms with Gasteiger partial charge in [0.15, 0.2) is 0 Å². The number of carbonyl (C=O) groups is 1. The average Bonchev–Trinajstić information content (AvgIpc) is 2.26. The summed E-state index contributed by atoms with van der Waals surface area (Å²) >= 11 is 0. The van der Waals surface area contributed by atoms with Gasteiger partial charge in [0.05, 0.1) is 6.61 Å². The SMILES string of the molecule is CCOCC1(C)CCN([C@@H](C)C(=O)O)CC1. The number of nitrogens with zero attached hydrogens (tertiary/aromatic N) is 1. The van der Waals surface area contributed by atoms with Crippen LogP contribution in [0.4, 0.5) is 0 Å². The molecule has 4 heteroatoms. The largest absolute Gasteiger partial charge is 0.480 e. The topological polar surface area (TPSA) is 49.8 Å². The van der Waals surface area contributed by atoms with Gasteiger partial charge in [0.1, 0.15) is 6.04 Å². The standard InChI is InChI=1S/C12H23NO3/c1-4-16-9-12(3)5-7-13(8-6-12)10(2)11(14)15/h10H,4-9H2,1-3H3,(H,14,15)/t10-/m0/s1. The highest BCUT2D eigenvalue weighted by Gasteiger charge is 2.33. The lowest BCUT2D eigenvalue weighted by Crippen LogP contribution is -2.47. The Hall–Kier alpha value is -0.610. The molecule has 1 aliphatic heterocycles. The zero-order valence-corrected chi connectivity index (χ0v) is 10.5. The zero-order chi connectivity index (χ0) is 12.2. The van der Waals surface area contributed by atoms with Gasteiger partial charge in [-0.2, -0.15) is 0 Å². The molecule has 0 unspecified atom stereocenters. The van der Waals surface area contributed by atoms with Crippen LogP contribution in [0.15, 0.2) is 0 Å². The van der Waals surface area contributed by atoms with E-state index in [-0.39, 0.29) is 11.5 Å². The maximum absolute atomic E-state index is 10.9. The molecule has 1 N–H and O–H groups in total. The van der Waals surface area contributed by atoms with Crippen molar-refractivity contribution in [3.8, 4) is 0 Å². The Labute approximate surface area is 97.6 Å². The van der Waals surface area contributed by atoms with Crippen molar-refractivity contribution in [2.75, 3.05) is 26.3 Å². The fourth-order valence-electron chi connectivity index (χ4n) is 2.10. The maximum atomic E-state index is 10.9. The predicted molar refractivity (Wildman–Crippen MR) is 62.5 cm³/mol. The zero-order valence-electron chi connectivity index (χ0n) is 10.5. The summed E-state index contributed by atoms with van der Waals surface area (Å²) in [4.78, 5) is 12.9. The van der Waals surface area contributed by atoms with Crippen LogP contribution in [-0.4, -0.2) is 48.3 Å². The first-order valence-corrected chi connectivity index (χ1v) is 6.03. The van der Waals surface area contributed by atoms with Crippen LogP contribution in [0, 0.1) is 5.41 Å². The number of ether oxygens (including phenoxy) is 1. The Kier molecular flexibility index (Phi) is 4.74. The van der Waals surface area contributed by atoms with Gasteiger partial charge in [0.2, 0.25) is 0 Å². The van der Waals surface area contributed by atoms with E-state index in [2.05, 4.69) is 6.92 Å². The number of carboxylic acid groups (broad SMARTS) is 1. The molecule has 4 nitrogen and oxygen atoms in total. The van der Waals surface area contributed by atoms with E-state index in [1.165, 1.54) is 0 Å². The number of aliphatic carboxylic acids is 1. The van der Waals surface area contributed by atoms with Crippen LogP contribution in [0.5, 0.6) is 0 Å². The number of rotatable bonds is 5. The molecule has 1 fully saturated rings. The van der Waals surface area contributed by atoms with Crippen LogP contribution >= 0.6 is 0 Å². The van der Waals surface area contributed by atoms with Crippen molar-refractivity contribution >= 4 is 5.97 Å². The van der Waals surface area contributed by atoms with Crippen molar-refractivity contribution in [2.24, 2.45) is 5.41 Å². The minimum atomic E-state index is -0.728. The van der Waals surface area contributed by atoms with Crippen molar-refractivity contribution in [1.82, 2.24) is 4.90 Å². The van der Waals surface area contributed by atoms with Crippen LogP contribution in [0.3, 0.4) is 0 Å². The number of hydrogen-bond acceptors (Lipinski definition) is 3. The normalized spacial score (nSPS) is 22.9. The van der Waals surface area contributed by atoms with Crippen LogP contribution in [-0.2, 0) is 9.53 Å². The number of likely N-dealkylation sites (tertiary alicyclic amines) is 1. The van der Waals surface area contributed by atoms with Gasteiger partial charge < -0.3 is 9.84 Å². The predicted octanol–water partition coefficient (Wildman–Crippen LogP) is 1.60. The van der Waals surface area contributed by atoms with Crippen LogP contribution in [0.2, 0.25) is 0 Å². The Balaban J connectivity index is 2.41. The van der Waals surface area contributed by atoms with E-state index >= 15 is 0 Å². The van der Waals surface area contributed by atoms with E-state index < -0.39 is 5.97 Å². The number of piperidine rings is 1. The van der Waals surface area contributed by atoms with E-state index in [0.29, 0.717) is 0 Å². The van der Waals surface area contributed by atoms with Gasteiger partial charge in [0.25, 0.3) is 0 Å². The van der Waals surface area contributed by atoms with E-state index in [1.54, 1.807) is 6.92 Å². The smallest absolute Gasteiger partial charge is 0.320 e. The summed E-state index contributed by atoms with van der Waals surface area (Å²) in [6.07, 6.45) is 2.04. The molecule has 0 amide bonds. The van der Waals surface area contributed by atoms with Crippen molar-refractivity contribution in [1.29, 1.82) is 0 Å². The van der Waals surface area contributed by atoms with Gasteiger partial charge in [-0.15, -0.1) is 0 Å². The second-order valence-electron chi connectivity index (χ2n) is 5.00. The fourth-order valence-corrected chi connectivity index (χ4v) is 2.10. The summed E-state index contributed by atoms with van der Waals surface area (Å²) in [6, 6.07) is -0.364. The monoisotopic (exact) mass is 229 g/mol. The van der Waals surface area contributed by atoms with E-state index in [9.17, 15) is 4.79 Å². The Morgan fingerprint density at radius 2 is 2.06 bits per heavy atom. The minimum Gasteiger partial charge on any atom is -0.480 e. The molecule has 0 spiro atoms. The Morgan fingerprint density at radius 3 is 2.50 bits per heavy atom. The van der Waals surface area contributed by atoms with Crippen molar-refractivity contribution in [3.63, 3.8) is 0 Å². The van der Waals surface area contributed by atoms with Gasteiger partial charge >= 0.3 is 5.97 Å². The molecule has 0 aromatic rings. The van der Waals surface area contributed by atoms with Crippen LogP contribution in [0.1, 0.15) is 33.6 Å². The number of hydrogen-bond donors (Lipinski definition) is 1. The molecule has 0 saturated carbocycles. The molecule has 1 heterocycles. The van der Waals surface area contributed by atoms with Crippen LogP contribution in [0.25, 0.3) is 0 Å². The summed E-state index contributed by atoms with van der Waals surface area (Å²) in [7, 11) is 0. The molecule has 0 aromatic heterocycles. The molecule has 0 radical (unpaired) electrons. The lowest BCUT2D eigenvalue weighted by Gasteiger charge is -2.40. The molecule has 16 heavy (non-hydrogen) atoms. The Morgan fingerprint density at radius 1 is 1.50 bits per heavy atom. The first-order chi connectivity index (χ1) is 7.48. The first kappa shape index (κ1) is 13.5. The molecular formula is C12H23NO3. The van der Waals surface area contributed by atoms with Crippen molar-refractivity contribution in [2.45, 2.75) is 39.7 Å². The fraction of sp³-hybridized carbons (Fsp3) is 0.917. The van der Waals surface area contributed by atoms with Gasteiger partial charge in [-0.25, -0.2) is 0 Å². The minimum absolute atomic E-state index is 0.227. The lowest BCUT2D eigenvalue weighted by atomic mass is 9.81.